The van der Waals surface area contributed by atoms with E-state index in [2.05, 4.69) is 0 Å². The van der Waals surface area contributed by atoms with E-state index in [0.29, 0.717) is 36.8 Å². The van der Waals surface area contributed by atoms with E-state index >= 15 is 0 Å². The molecule has 0 bridgehead atoms. The summed E-state index contributed by atoms with van der Waals surface area (Å²) in [6.45, 7) is 3.75. The van der Waals surface area contributed by atoms with Gasteiger partial charge >= 0.3 is 0 Å². The highest BCUT2D eigenvalue weighted by molar-refractivity contribution is 5.97. The number of nitrogens with zero attached hydrogens (tertiary/aromatic N) is 1. The lowest BCUT2D eigenvalue weighted by Gasteiger charge is -2.31. The minimum absolute atomic E-state index is 0.0327. The number of methoxy groups -OCH3 is 2. The number of hydrogen-bond acceptors (Lipinski definition) is 4. The molecule has 1 amide bonds. The Bertz CT molecular complexity index is 461. The summed E-state index contributed by atoms with van der Waals surface area (Å²) in [5.41, 5.74) is 0.553. The van der Waals surface area contributed by atoms with Gasteiger partial charge in [0, 0.05) is 19.2 Å². The van der Waals surface area contributed by atoms with E-state index in [-0.39, 0.29) is 12.0 Å². The average Bonchev–Trinajstić information content (AvgIpc) is 2.45. The minimum Gasteiger partial charge on any atom is -0.497 e. The Balaban J connectivity index is 2.22. The van der Waals surface area contributed by atoms with Crippen molar-refractivity contribution in [3.63, 3.8) is 0 Å². The van der Waals surface area contributed by atoms with Gasteiger partial charge in [-0.05, 0) is 19.1 Å². The van der Waals surface area contributed by atoms with Gasteiger partial charge in [-0.25, -0.2) is 0 Å². The van der Waals surface area contributed by atoms with Crippen LogP contribution in [0.25, 0.3) is 0 Å². The normalized spacial score (nSPS) is 19.1. The number of rotatable bonds is 3. The van der Waals surface area contributed by atoms with Crippen molar-refractivity contribution in [3.05, 3.63) is 23.8 Å². The van der Waals surface area contributed by atoms with Crippen LogP contribution < -0.4 is 9.47 Å². The molecule has 1 unspecified atom stereocenters. The Kier molecular flexibility index (Phi) is 4.27. The monoisotopic (exact) mass is 265 g/mol. The molecular formula is C14H19NO4. The molecule has 1 aliphatic rings. The molecule has 0 saturated carbocycles. The van der Waals surface area contributed by atoms with Crippen molar-refractivity contribution in [1.82, 2.24) is 4.90 Å². The molecule has 2 rings (SSSR count). The maximum Gasteiger partial charge on any atom is 0.257 e. The topological polar surface area (TPSA) is 48.0 Å². The Hall–Kier alpha value is -1.75. The molecule has 0 radical (unpaired) electrons. The SMILES string of the molecule is COc1ccc(C(=O)N2CCOC(C)C2)c(OC)c1. The largest absolute Gasteiger partial charge is 0.497 e. The molecule has 0 N–H and O–H groups in total. The van der Waals surface area contributed by atoms with Crippen molar-refractivity contribution in [3.8, 4) is 11.5 Å². The first-order valence-electron chi connectivity index (χ1n) is 6.28. The number of benzene rings is 1. The summed E-state index contributed by atoms with van der Waals surface area (Å²) >= 11 is 0. The maximum absolute atomic E-state index is 12.5. The predicted octanol–water partition coefficient (Wildman–Crippen LogP) is 1.56. The van der Waals surface area contributed by atoms with Gasteiger partial charge in [0.25, 0.3) is 5.91 Å². The Morgan fingerprint density at radius 3 is 2.79 bits per heavy atom. The minimum atomic E-state index is -0.0327. The third-order valence-electron chi connectivity index (χ3n) is 3.17. The van der Waals surface area contributed by atoms with Gasteiger partial charge in [0.15, 0.2) is 0 Å². The van der Waals surface area contributed by atoms with Crippen molar-refractivity contribution in [2.24, 2.45) is 0 Å². The number of morpholine rings is 1. The van der Waals surface area contributed by atoms with Gasteiger partial charge in [-0.15, -0.1) is 0 Å². The first-order valence-corrected chi connectivity index (χ1v) is 6.28. The molecule has 1 aromatic rings. The third kappa shape index (κ3) is 2.98. The number of ether oxygens (including phenoxy) is 3. The second-order valence-corrected chi connectivity index (χ2v) is 4.50. The molecule has 1 aromatic carbocycles. The van der Waals surface area contributed by atoms with Gasteiger partial charge in [0.2, 0.25) is 0 Å². The lowest BCUT2D eigenvalue weighted by atomic mass is 10.1. The fourth-order valence-corrected chi connectivity index (χ4v) is 2.15. The predicted molar refractivity (Wildman–Crippen MR) is 70.9 cm³/mol. The Morgan fingerprint density at radius 2 is 2.16 bits per heavy atom. The van der Waals surface area contributed by atoms with Crippen molar-refractivity contribution in [1.29, 1.82) is 0 Å². The highest BCUT2D eigenvalue weighted by atomic mass is 16.5. The number of carbonyl (C=O) groups excluding carboxylic acids is 1. The Labute approximate surface area is 113 Å². The van der Waals surface area contributed by atoms with Crippen LogP contribution >= 0.6 is 0 Å². The van der Waals surface area contributed by atoms with E-state index in [1.54, 1.807) is 37.3 Å². The van der Waals surface area contributed by atoms with Crippen LogP contribution in [0.4, 0.5) is 0 Å². The summed E-state index contributed by atoms with van der Waals surface area (Å²) in [7, 11) is 3.13. The van der Waals surface area contributed by atoms with Crippen LogP contribution in [0.5, 0.6) is 11.5 Å². The molecule has 1 fully saturated rings. The average molecular weight is 265 g/mol. The summed E-state index contributed by atoms with van der Waals surface area (Å²) in [5, 5.41) is 0. The second-order valence-electron chi connectivity index (χ2n) is 4.50. The lowest BCUT2D eigenvalue weighted by Crippen LogP contribution is -2.44. The molecule has 1 atom stereocenters. The summed E-state index contributed by atoms with van der Waals surface area (Å²) in [5.74, 6) is 1.17. The van der Waals surface area contributed by atoms with Crippen molar-refractivity contribution < 1.29 is 19.0 Å². The second kappa shape index (κ2) is 5.93. The van der Waals surface area contributed by atoms with Crippen LogP contribution in [0.15, 0.2) is 18.2 Å². The summed E-state index contributed by atoms with van der Waals surface area (Å²) in [6, 6.07) is 5.22. The highest BCUT2D eigenvalue weighted by Gasteiger charge is 2.24. The summed E-state index contributed by atoms with van der Waals surface area (Å²) in [4.78, 5) is 14.3. The first-order chi connectivity index (χ1) is 9.15. The van der Waals surface area contributed by atoms with Gasteiger partial charge in [-0.3, -0.25) is 4.79 Å². The van der Waals surface area contributed by atoms with Gasteiger partial charge in [0.05, 0.1) is 32.5 Å². The van der Waals surface area contributed by atoms with Gasteiger partial charge in [-0.2, -0.15) is 0 Å². The summed E-state index contributed by atoms with van der Waals surface area (Å²) in [6.07, 6.45) is 0.0712. The zero-order valence-corrected chi connectivity index (χ0v) is 11.5. The molecule has 5 heteroatoms. The number of amides is 1. The fraction of sp³-hybridized carbons (Fsp3) is 0.500. The quantitative estimate of drug-likeness (QED) is 0.832. The van der Waals surface area contributed by atoms with Crippen LogP contribution in [0.3, 0.4) is 0 Å². The fourth-order valence-electron chi connectivity index (χ4n) is 2.15. The van der Waals surface area contributed by atoms with Crippen LogP contribution in [-0.4, -0.2) is 50.8 Å². The smallest absolute Gasteiger partial charge is 0.257 e. The molecular weight excluding hydrogens is 246 g/mol. The zero-order chi connectivity index (χ0) is 13.8. The van der Waals surface area contributed by atoms with E-state index in [1.165, 1.54) is 0 Å². The van der Waals surface area contributed by atoms with Crippen molar-refractivity contribution in [2.45, 2.75) is 13.0 Å². The molecule has 1 aliphatic heterocycles. The van der Waals surface area contributed by atoms with E-state index < -0.39 is 0 Å². The number of hydrogen-bond donors (Lipinski definition) is 0. The Morgan fingerprint density at radius 1 is 1.37 bits per heavy atom. The zero-order valence-electron chi connectivity index (χ0n) is 11.5. The maximum atomic E-state index is 12.5. The van der Waals surface area contributed by atoms with Crippen LogP contribution in [0.1, 0.15) is 17.3 Å². The standard InChI is InChI=1S/C14H19NO4/c1-10-9-15(6-7-19-10)14(16)12-5-4-11(17-2)8-13(12)18-3/h4-5,8,10H,6-7,9H2,1-3H3. The van der Waals surface area contributed by atoms with Crippen LogP contribution in [0.2, 0.25) is 0 Å². The highest BCUT2D eigenvalue weighted by Crippen LogP contribution is 2.26. The lowest BCUT2D eigenvalue weighted by molar-refractivity contribution is -0.0125. The van der Waals surface area contributed by atoms with Crippen molar-refractivity contribution in [2.75, 3.05) is 33.9 Å². The van der Waals surface area contributed by atoms with E-state index in [1.807, 2.05) is 6.92 Å². The molecule has 0 spiro atoms. The molecule has 0 aromatic heterocycles. The van der Waals surface area contributed by atoms with Crippen LogP contribution in [-0.2, 0) is 4.74 Å². The van der Waals surface area contributed by atoms with Crippen molar-refractivity contribution >= 4 is 5.91 Å². The molecule has 19 heavy (non-hydrogen) atoms. The molecule has 1 saturated heterocycles. The van der Waals surface area contributed by atoms with E-state index in [0.717, 1.165) is 0 Å². The first kappa shape index (κ1) is 13.7. The van der Waals surface area contributed by atoms with E-state index in [4.69, 9.17) is 14.2 Å². The molecule has 1 heterocycles. The molecule has 104 valence electrons. The molecule has 0 aliphatic carbocycles. The number of carbonyl (C=O) groups is 1. The van der Waals surface area contributed by atoms with Crippen LogP contribution in [0, 0.1) is 0 Å². The van der Waals surface area contributed by atoms with Gasteiger partial charge in [0.1, 0.15) is 11.5 Å². The van der Waals surface area contributed by atoms with Gasteiger partial charge in [-0.1, -0.05) is 0 Å². The van der Waals surface area contributed by atoms with E-state index in [9.17, 15) is 4.79 Å². The summed E-state index contributed by atoms with van der Waals surface area (Å²) < 4.78 is 15.8. The van der Waals surface area contributed by atoms with Gasteiger partial charge < -0.3 is 19.1 Å². The molecule has 5 nitrogen and oxygen atoms in total. The third-order valence-corrected chi connectivity index (χ3v) is 3.17.